The minimum absolute atomic E-state index is 0.187. The number of thioether (sulfide) groups is 1. The van der Waals surface area contributed by atoms with E-state index < -0.39 is 5.54 Å². The molecule has 120 valence electrons. The van der Waals surface area contributed by atoms with E-state index in [-0.39, 0.29) is 18.6 Å². The van der Waals surface area contributed by atoms with Crippen LogP contribution in [0.4, 0.5) is 0 Å². The van der Waals surface area contributed by atoms with Crippen molar-refractivity contribution in [1.29, 1.82) is 0 Å². The maximum atomic E-state index is 11.9. The SMILES string of the molecule is COC(=O)C(C)(CCCCSCC(C)CO)NC(C)C. The Morgan fingerprint density at radius 2 is 2.00 bits per heavy atom. The lowest BCUT2D eigenvalue weighted by molar-refractivity contribution is -0.148. The molecule has 20 heavy (non-hydrogen) atoms. The molecular formula is C15H31NO3S. The van der Waals surface area contributed by atoms with Crippen molar-refractivity contribution in [3.8, 4) is 0 Å². The zero-order chi connectivity index (χ0) is 15.6. The lowest BCUT2D eigenvalue weighted by atomic mass is 9.94. The summed E-state index contributed by atoms with van der Waals surface area (Å²) in [5.74, 6) is 2.24. The third-order valence-corrected chi connectivity index (χ3v) is 4.55. The molecule has 0 heterocycles. The first-order valence-electron chi connectivity index (χ1n) is 7.40. The Morgan fingerprint density at radius 3 is 2.50 bits per heavy atom. The summed E-state index contributed by atoms with van der Waals surface area (Å²) in [6.45, 7) is 8.29. The van der Waals surface area contributed by atoms with Gasteiger partial charge in [0.25, 0.3) is 0 Å². The summed E-state index contributed by atoms with van der Waals surface area (Å²) in [6, 6.07) is 0.249. The van der Waals surface area contributed by atoms with Crippen molar-refractivity contribution in [1.82, 2.24) is 5.32 Å². The molecule has 0 fully saturated rings. The molecule has 0 saturated heterocycles. The van der Waals surface area contributed by atoms with Gasteiger partial charge in [0.05, 0.1) is 7.11 Å². The Bertz CT molecular complexity index is 274. The van der Waals surface area contributed by atoms with Gasteiger partial charge in [-0.3, -0.25) is 10.1 Å². The molecule has 0 radical (unpaired) electrons. The molecule has 0 aromatic rings. The number of nitrogens with one attached hydrogen (secondary N) is 1. The molecule has 5 heteroatoms. The van der Waals surface area contributed by atoms with Gasteiger partial charge in [-0.05, 0) is 51.0 Å². The van der Waals surface area contributed by atoms with E-state index in [1.807, 2.05) is 39.5 Å². The molecule has 0 aliphatic rings. The number of methoxy groups -OCH3 is 1. The Balaban J connectivity index is 4.00. The topological polar surface area (TPSA) is 58.6 Å². The minimum Gasteiger partial charge on any atom is -0.468 e. The summed E-state index contributed by atoms with van der Waals surface area (Å²) in [6.07, 6.45) is 2.86. The molecule has 0 amide bonds. The van der Waals surface area contributed by atoms with Gasteiger partial charge in [0.15, 0.2) is 0 Å². The number of carbonyl (C=O) groups excluding carboxylic acids is 1. The van der Waals surface area contributed by atoms with Crippen molar-refractivity contribution in [3.05, 3.63) is 0 Å². The van der Waals surface area contributed by atoms with E-state index in [4.69, 9.17) is 9.84 Å². The average molecular weight is 305 g/mol. The van der Waals surface area contributed by atoms with Crippen molar-refractivity contribution in [3.63, 3.8) is 0 Å². The molecule has 0 spiro atoms. The van der Waals surface area contributed by atoms with Crippen LogP contribution in [0, 0.1) is 5.92 Å². The highest BCUT2D eigenvalue weighted by atomic mass is 32.2. The van der Waals surface area contributed by atoms with Crippen LogP contribution in [-0.2, 0) is 9.53 Å². The van der Waals surface area contributed by atoms with Crippen LogP contribution in [0.15, 0.2) is 0 Å². The molecule has 0 rings (SSSR count). The molecule has 2 unspecified atom stereocenters. The Kier molecular flexibility index (Phi) is 10.3. The van der Waals surface area contributed by atoms with E-state index in [1.165, 1.54) is 7.11 Å². The summed E-state index contributed by atoms with van der Waals surface area (Å²) in [5.41, 5.74) is -0.591. The van der Waals surface area contributed by atoms with Gasteiger partial charge >= 0.3 is 5.97 Å². The van der Waals surface area contributed by atoms with Crippen LogP contribution < -0.4 is 5.32 Å². The van der Waals surface area contributed by atoms with E-state index in [0.29, 0.717) is 5.92 Å². The molecule has 2 atom stereocenters. The number of unbranched alkanes of at least 4 members (excludes halogenated alkanes) is 1. The van der Waals surface area contributed by atoms with Gasteiger partial charge in [0.2, 0.25) is 0 Å². The van der Waals surface area contributed by atoms with Gasteiger partial charge in [-0.2, -0.15) is 11.8 Å². The maximum absolute atomic E-state index is 11.9. The van der Waals surface area contributed by atoms with Gasteiger partial charge < -0.3 is 9.84 Å². The summed E-state index contributed by atoms with van der Waals surface area (Å²) in [4.78, 5) is 11.9. The van der Waals surface area contributed by atoms with E-state index in [0.717, 1.165) is 30.8 Å². The molecular weight excluding hydrogens is 274 g/mol. The molecule has 0 aromatic heterocycles. The van der Waals surface area contributed by atoms with Gasteiger partial charge in [-0.25, -0.2) is 0 Å². The second kappa shape index (κ2) is 10.5. The van der Waals surface area contributed by atoms with E-state index in [2.05, 4.69) is 5.32 Å². The number of hydrogen-bond acceptors (Lipinski definition) is 5. The predicted molar refractivity (Wildman–Crippen MR) is 86.1 cm³/mol. The monoisotopic (exact) mass is 305 g/mol. The lowest BCUT2D eigenvalue weighted by Gasteiger charge is -2.30. The van der Waals surface area contributed by atoms with Crippen LogP contribution in [-0.4, -0.2) is 47.9 Å². The molecule has 0 bridgehead atoms. The number of aliphatic hydroxyl groups excluding tert-OH is 1. The number of ether oxygens (including phenoxy) is 1. The molecule has 4 nitrogen and oxygen atoms in total. The standard InChI is InChI=1S/C15H31NO3S/c1-12(2)16-15(4,14(18)19-5)8-6-7-9-20-11-13(3)10-17/h12-13,16-17H,6-11H2,1-5H3. The van der Waals surface area contributed by atoms with Crippen LogP contribution in [0.3, 0.4) is 0 Å². The van der Waals surface area contributed by atoms with E-state index >= 15 is 0 Å². The maximum Gasteiger partial charge on any atom is 0.325 e. The summed E-state index contributed by atoms with van der Waals surface area (Å²) < 4.78 is 4.91. The largest absolute Gasteiger partial charge is 0.468 e. The number of rotatable bonds is 11. The fourth-order valence-electron chi connectivity index (χ4n) is 2.12. The van der Waals surface area contributed by atoms with Crippen molar-refractivity contribution < 1.29 is 14.6 Å². The third-order valence-electron chi connectivity index (χ3n) is 3.17. The quantitative estimate of drug-likeness (QED) is 0.453. The van der Waals surface area contributed by atoms with Crippen LogP contribution >= 0.6 is 11.8 Å². The first-order valence-corrected chi connectivity index (χ1v) is 8.56. The highest BCUT2D eigenvalue weighted by Crippen LogP contribution is 2.19. The van der Waals surface area contributed by atoms with Gasteiger partial charge in [0, 0.05) is 12.6 Å². The lowest BCUT2D eigenvalue weighted by Crippen LogP contribution is -2.52. The zero-order valence-electron chi connectivity index (χ0n) is 13.6. The molecule has 0 aromatic carbocycles. The van der Waals surface area contributed by atoms with Gasteiger partial charge in [-0.15, -0.1) is 0 Å². The minimum atomic E-state index is -0.591. The second-order valence-corrected chi connectivity index (χ2v) is 7.09. The summed E-state index contributed by atoms with van der Waals surface area (Å²) in [5, 5.41) is 12.3. The molecule has 0 saturated carbocycles. The average Bonchev–Trinajstić information content (AvgIpc) is 2.40. The molecule has 0 aliphatic heterocycles. The number of carbonyl (C=O) groups is 1. The molecule has 0 aliphatic carbocycles. The summed E-state index contributed by atoms with van der Waals surface area (Å²) in [7, 11) is 1.44. The van der Waals surface area contributed by atoms with E-state index in [1.54, 1.807) is 0 Å². The van der Waals surface area contributed by atoms with Gasteiger partial charge in [-0.1, -0.05) is 13.3 Å². The number of hydrogen-bond donors (Lipinski definition) is 2. The molecule has 2 N–H and O–H groups in total. The normalized spacial score (nSPS) is 15.9. The van der Waals surface area contributed by atoms with Crippen molar-refractivity contribution in [2.75, 3.05) is 25.2 Å². The Hall–Kier alpha value is -0.260. The zero-order valence-corrected chi connectivity index (χ0v) is 14.4. The van der Waals surface area contributed by atoms with Crippen LogP contribution in [0.5, 0.6) is 0 Å². The Labute approximate surface area is 128 Å². The fourth-order valence-corrected chi connectivity index (χ4v) is 3.20. The van der Waals surface area contributed by atoms with Crippen molar-refractivity contribution >= 4 is 17.7 Å². The van der Waals surface area contributed by atoms with Crippen LogP contribution in [0.2, 0.25) is 0 Å². The smallest absolute Gasteiger partial charge is 0.325 e. The summed E-state index contributed by atoms with van der Waals surface area (Å²) >= 11 is 1.87. The number of aliphatic hydroxyl groups is 1. The first kappa shape index (κ1) is 19.7. The van der Waals surface area contributed by atoms with Crippen LogP contribution in [0.1, 0.15) is 47.0 Å². The predicted octanol–water partition coefficient (Wildman–Crippen LogP) is 2.45. The van der Waals surface area contributed by atoms with Crippen molar-refractivity contribution in [2.24, 2.45) is 5.92 Å². The third kappa shape index (κ3) is 8.12. The van der Waals surface area contributed by atoms with Gasteiger partial charge in [0.1, 0.15) is 5.54 Å². The van der Waals surface area contributed by atoms with Crippen LogP contribution in [0.25, 0.3) is 0 Å². The van der Waals surface area contributed by atoms with Crippen molar-refractivity contribution in [2.45, 2.75) is 58.5 Å². The van der Waals surface area contributed by atoms with E-state index in [9.17, 15) is 4.79 Å². The fraction of sp³-hybridized carbons (Fsp3) is 0.933. The first-order chi connectivity index (χ1) is 9.35. The highest BCUT2D eigenvalue weighted by molar-refractivity contribution is 7.99. The highest BCUT2D eigenvalue weighted by Gasteiger charge is 2.33. The Morgan fingerprint density at radius 1 is 1.35 bits per heavy atom. The number of esters is 1. The second-order valence-electron chi connectivity index (χ2n) is 5.94.